The number of fused-ring (bicyclic) bond motifs is 1. The van der Waals surface area contributed by atoms with E-state index in [1.54, 1.807) is 6.21 Å². The van der Waals surface area contributed by atoms with Crippen molar-refractivity contribution in [3.8, 4) is 5.75 Å². The summed E-state index contributed by atoms with van der Waals surface area (Å²) in [7, 11) is 1.98. The SMILES string of the molecule is Cn1cc(/C=N\NC(=O)COc2ccc(C(C)(C)C)cc2)c2ccccc21. The van der Waals surface area contributed by atoms with Gasteiger partial charge in [0, 0.05) is 29.7 Å². The van der Waals surface area contributed by atoms with Gasteiger partial charge in [0.1, 0.15) is 5.75 Å². The topological polar surface area (TPSA) is 55.6 Å². The molecule has 1 aromatic heterocycles. The van der Waals surface area contributed by atoms with E-state index in [-0.39, 0.29) is 17.9 Å². The Labute approximate surface area is 159 Å². The quantitative estimate of drug-likeness (QED) is 0.550. The zero-order chi connectivity index (χ0) is 19.4. The zero-order valence-electron chi connectivity index (χ0n) is 16.2. The number of ether oxygens (including phenoxy) is 1. The fourth-order valence-electron chi connectivity index (χ4n) is 2.88. The molecule has 0 spiro atoms. The summed E-state index contributed by atoms with van der Waals surface area (Å²) < 4.78 is 7.55. The maximum atomic E-state index is 11.9. The van der Waals surface area contributed by atoms with Crippen LogP contribution in [-0.4, -0.2) is 23.3 Å². The molecule has 3 aromatic rings. The van der Waals surface area contributed by atoms with E-state index in [1.165, 1.54) is 5.56 Å². The predicted octanol–water partition coefficient (Wildman–Crippen LogP) is 4.00. The largest absolute Gasteiger partial charge is 0.484 e. The first-order chi connectivity index (χ1) is 12.8. The van der Waals surface area contributed by atoms with Crippen LogP contribution in [0.3, 0.4) is 0 Å². The molecule has 0 radical (unpaired) electrons. The number of rotatable bonds is 5. The van der Waals surface area contributed by atoms with Crippen LogP contribution in [0.25, 0.3) is 10.9 Å². The van der Waals surface area contributed by atoms with Gasteiger partial charge in [0.2, 0.25) is 0 Å². The summed E-state index contributed by atoms with van der Waals surface area (Å²) in [6.07, 6.45) is 3.63. The summed E-state index contributed by atoms with van der Waals surface area (Å²) in [5, 5.41) is 5.14. The van der Waals surface area contributed by atoms with Crippen LogP contribution in [0.15, 0.2) is 59.8 Å². The minimum atomic E-state index is -0.300. The Balaban J connectivity index is 1.54. The molecule has 0 saturated carbocycles. The average molecular weight is 363 g/mol. The van der Waals surface area contributed by atoms with E-state index in [4.69, 9.17) is 4.74 Å². The van der Waals surface area contributed by atoms with Gasteiger partial charge in [-0.15, -0.1) is 0 Å². The number of amides is 1. The van der Waals surface area contributed by atoms with Crippen LogP contribution < -0.4 is 10.2 Å². The van der Waals surface area contributed by atoms with Crippen molar-refractivity contribution in [2.45, 2.75) is 26.2 Å². The third kappa shape index (κ3) is 4.56. The first-order valence-corrected chi connectivity index (χ1v) is 8.94. The summed E-state index contributed by atoms with van der Waals surface area (Å²) in [6.45, 7) is 6.39. The summed E-state index contributed by atoms with van der Waals surface area (Å²) >= 11 is 0. The summed E-state index contributed by atoms with van der Waals surface area (Å²) in [5.41, 5.74) is 5.89. The number of para-hydroxylation sites is 1. The lowest BCUT2D eigenvalue weighted by molar-refractivity contribution is -0.123. The molecule has 1 N–H and O–H groups in total. The molecular weight excluding hydrogens is 338 g/mol. The number of benzene rings is 2. The predicted molar refractivity (Wildman–Crippen MR) is 109 cm³/mol. The number of hydrazone groups is 1. The summed E-state index contributed by atoms with van der Waals surface area (Å²) in [5.74, 6) is 0.363. The van der Waals surface area contributed by atoms with Crippen LogP contribution >= 0.6 is 0 Å². The highest BCUT2D eigenvalue weighted by atomic mass is 16.5. The highest BCUT2D eigenvalue weighted by molar-refractivity contribution is 5.99. The number of nitrogens with one attached hydrogen (secondary N) is 1. The number of carbonyl (C=O) groups excluding carboxylic acids is 1. The van der Waals surface area contributed by atoms with Gasteiger partial charge in [-0.2, -0.15) is 5.10 Å². The summed E-state index contributed by atoms with van der Waals surface area (Å²) in [6, 6.07) is 15.9. The van der Waals surface area contributed by atoms with E-state index in [1.807, 2.05) is 66.3 Å². The zero-order valence-corrected chi connectivity index (χ0v) is 16.2. The molecule has 2 aromatic carbocycles. The molecule has 0 saturated heterocycles. The van der Waals surface area contributed by atoms with Crippen LogP contribution in [0, 0.1) is 0 Å². The monoisotopic (exact) mass is 363 g/mol. The van der Waals surface area contributed by atoms with Crippen molar-refractivity contribution >= 4 is 23.0 Å². The minimum Gasteiger partial charge on any atom is -0.484 e. The molecule has 5 nitrogen and oxygen atoms in total. The van der Waals surface area contributed by atoms with Gasteiger partial charge in [-0.05, 0) is 29.2 Å². The van der Waals surface area contributed by atoms with Crippen LogP contribution in [-0.2, 0) is 17.3 Å². The van der Waals surface area contributed by atoms with Gasteiger partial charge < -0.3 is 9.30 Å². The Morgan fingerprint density at radius 2 is 1.85 bits per heavy atom. The molecule has 0 aliphatic carbocycles. The highest BCUT2D eigenvalue weighted by Gasteiger charge is 2.13. The van der Waals surface area contributed by atoms with Crippen molar-refractivity contribution in [1.29, 1.82) is 0 Å². The lowest BCUT2D eigenvalue weighted by atomic mass is 9.87. The second-order valence-electron chi connectivity index (χ2n) is 7.57. The van der Waals surface area contributed by atoms with E-state index in [0.717, 1.165) is 16.5 Å². The Kier molecular flexibility index (Phi) is 5.31. The van der Waals surface area contributed by atoms with Gasteiger partial charge in [-0.3, -0.25) is 4.79 Å². The van der Waals surface area contributed by atoms with Crippen molar-refractivity contribution in [3.05, 3.63) is 65.9 Å². The van der Waals surface area contributed by atoms with Crippen LogP contribution in [0.2, 0.25) is 0 Å². The molecular formula is C22H25N3O2. The lowest BCUT2D eigenvalue weighted by Crippen LogP contribution is -2.24. The van der Waals surface area contributed by atoms with E-state index in [9.17, 15) is 4.79 Å². The molecule has 1 heterocycles. The van der Waals surface area contributed by atoms with E-state index >= 15 is 0 Å². The Hall–Kier alpha value is -3.08. The van der Waals surface area contributed by atoms with Gasteiger partial charge in [-0.25, -0.2) is 5.43 Å². The smallest absolute Gasteiger partial charge is 0.277 e. The Bertz CT molecular complexity index is 963. The van der Waals surface area contributed by atoms with Gasteiger partial charge in [0.05, 0.1) is 6.21 Å². The number of aromatic nitrogens is 1. The first kappa shape index (κ1) is 18.7. The lowest BCUT2D eigenvalue weighted by Gasteiger charge is -2.19. The first-order valence-electron chi connectivity index (χ1n) is 8.94. The molecule has 3 rings (SSSR count). The molecule has 140 valence electrons. The molecule has 27 heavy (non-hydrogen) atoms. The number of carbonyl (C=O) groups is 1. The van der Waals surface area contributed by atoms with Crippen molar-refractivity contribution in [1.82, 2.24) is 9.99 Å². The second kappa shape index (κ2) is 7.66. The maximum absolute atomic E-state index is 11.9. The summed E-state index contributed by atoms with van der Waals surface area (Å²) in [4.78, 5) is 11.9. The number of hydrogen-bond acceptors (Lipinski definition) is 3. The molecule has 5 heteroatoms. The Morgan fingerprint density at radius 3 is 2.56 bits per heavy atom. The van der Waals surface area contributed by atoms with Gasteiger partial charge in [0.15, 0.2) is 6.61 Å². The molecule has 0 aliphatic heterocycles. The standard InChI is InChI=1S/C22H25N3O2/c1-22(2,3)17-9-11-18(12-10-17)27-15-21(26)24-23-13-16-14-25(4)20-8-6-5-7-19(16)20/h5-14H,15H2,1-4H3,(H,24,26)/b23-13-. The van der Waals surface area contributed by atoms with Gasteiger partial charge in [0.25, 0.3) is 5.91 Å². The van der Waals surface area contributed by atoms with Crippen molar-refractivity contribution in [2.24, 2.45) is 12.1 Å². The molecule has 0 unspecified atom stereocenters. The average Bonchev–Trinajstić information content (AvgIpc) is 2.96. The third-order valence-electron chi connectivity index (χ3n) is 4.41. The normalized spacial score (nSPS) is 11.9. The minimum absolute atomic E-state index is 0.0816. The Morgan fingerprint density at radius 1 is 1.15 bits per heavy atom. The van der Waals surface area contributed by atoms with Gasteiger partial charge >= 0.3 is 0 Å². The highest BCUT2D eigenvalue weighted by Crippen LogP contribution is 2.24. The number of nitrogens with zero attached hydrogens (tertiary/aromatic N) is 2. The van der Waals surface area contributed by atoms with Crippen LogP contribution in [0.5, 0.6) is 5.75 Å². The molecule has 0 atom stereocenters. The van der Waals surface area contributed by atoms with Crippen molar-refractivity contribution in [2.75, 3.05) is 6.61 Å². The molecule has 0 bridgehead atoms. The fraction of sp³-hybridized carbons (Fsp3) is 0.273. The van der Waals surface area contributed by atoms with Gasteiger partial charge in [-0.1, -0.05) is 51.1 Å². The van der Waals surface area contributed by atoms with Crippen molar-refractivity contribution < 1.29 is 9.53 Å². The molecule has 0 fully saturated rings. The number of hydrogen-bond donors (Lipinski definition) is 1. The molecule has 1 amide bonds. The fourth-order valence-corrected chi connectivity index (χ4v) is 2.88. The second-order valence-corrected chi connectivity index (χ2v) is 7.57. The van der Waals surface area contributed by atoms with Crippen molar-refractivity contribution in [3.63, 3.8) is 0 Å². The van der Waals surface area contributed by atoms with Crippen LogP contribution in [0.1, 0.15) is 31.9 Å². The molecule has 0 aliphatic rings. The number of aryl methyl sites for hydroxylation is 1. The van der Waals surface area contributed by atoms with E-state index in [0.29, 0.717) is 5.75 Å². The van der Waals surface area contributed by atoms with Crippen LogP contribution in [0.4, 0.5) is 0 Å². The third-order valence-corrected chi connectivity index (χ3v) is 4.41. The van der Waals surface area contributed by atoms with E-state index in [2.05, 4.69) is 31.3 Å². The van der Waals surface area contributed by atoms with E-state index < -0.39 is 0 Å². The maximum Gasteiger partial charge on any atom is 0.277 e.